The number of rotatable bonds is 7. The van der Waals surface area contributed by atoms with Crippen LogP contribution in [0.25, 0.3) is 0 Å². The topological polar surface area (TPSA) is 67.2 Å². The number of sulfonamides is 1. The van der Waals surface area contributed by atoms with Gasteiger partial charge in [0.1, 0.15) is 0 Å². The van der Waals surface area contributed by atoms with Crippen LogP contribution in [0.1, 0.15) is 46.6 Å². The van der Waals surface area contributed by atoms with Gasteiger partial charge in [0.25, 0.3) is 10.0 Å². The van der Waals surface area contributed by atoms with E-state index in [4.69, 9.17) is 0 Å². The highest BCUT2D eigenvalue weighted by Crippen LogP contribution is 2.43. The summed E-state index contributed by atoms with van der Waals surface area (Å²) in [6.45, 7) is 1.39. The fourth-order valence-corrected chi connectivity index (χ4v) is 6.00. The minimum Gasteiger partial charge on any atom is -0.371 e. The van der Waals surface area contributed by atoms with Crippen LogP contribution in [-0.4, -0.2) is 31.1 Å². The number of anilines is 1. The number of alkyl halides is 3. The molecule has 1 atom stereocenters. The van der Waals surface area contributed by atoms with E-state index in [0.717, 1.165) is 36.0 Å². The highest BCUT2D eigenvalue weighted by molar-refractivity contribution is 7.89. The summed E-state index contributed by atoms with van der Waals surface area (Å²) in [4.78, 5) is 5.73. The second-order valence-corrected chi connectivity index (χ2v) is 11.0. The van der Waals surface area contributed by atoms with Crippen LogP contribution >= 0.6 is 0 Å². The number of benzene rings is 2. The van der Waals surface area contributed by atoms with Crippen molar-refractivity contribution in [2.75, 3.05) is 18.0 Å². The number of para-hydroxylation sites is 1. The Morgan fingerprint density at radius 3 is 2.63 bits per heavy atom. The number of nitrogens with zero attached hydrogens (tertiary/aromatic N) is 3. The predicted octanol–water partition coefficient (Wildman–Crippen LogP) is 4.40. The van der Waals surface area contributed by atoms with Crippen LogP contribution in [0.4, 0.5) is 18.9 Å². The van der Waals surface area contributed by atoms with Gasteiger partial charge in [0.2, 0.25) is 0 Å². The minimum atomic E-state index is -4.40. The van der Waals surface area contributed by atoms with E-state index in [9.17, 15) is 21.6 Å². The Kier molecular flexibility index (Phi) is 6.13. The second-order valence-electron chi connectivity index (χ2n) is 9.33. The number of hydrogen-bond acceptors (Lipinski definition) is 4. The number of aryl methyl sites for hydroxylation is 2. The molecule has 0 amide bonds. The molecule has 0 saturated carbocycles. The molecule has 0 bridgehead atoms. The quantitative estimate of drug-likeness (QED) is 0.518. The van der Waals surface area contributed by atoms with E-state index in [1.807, 2.05) is 29.2 Å². The Morgan fingerprint density at radius 2 is 1.97 bits per heavy atom. The van der Waals surface area contributed by atoms with Gasteiger partial charge in [0, 0.05) is 32.9 Å². The first-order valence-electron chi connectivity index (χ1n) is 11.7. The van der Waals surface area contributed by atoms with E-state index >= 15 is 0 Å². The lowest BCUT2D eigenvalue weighted by Crippen LogP contribution is -2.39. The highest BCUT2D eigenvalue weighted by atomic mass is 32.2. The molecule has 2 aliphatic rings. The molecule has 1 saturated heterocycles. The Hall–Kier alpha value is -2.85. The van der Waals surface area contributed by atoms with Gasteiger partial charge in [0.05, 0.1) is 17.6 Å². The zero-order valence-corrected chi connectivity index (χ0v) is 20.2. The molecule has 1 aliphatic carbocycles. The Morgan fingerprint density at radius 1 is 1.17 bits per heavy atom. The smallest absolute Gasteiger partial charge is 0.371 e. The molecule has 6 nitrogen and oxygen atoms in total. The fraction of sp³-hybridized carbons (Fsp3) is 0.400. The number of imidazole rings is 1. The third-order valence-electron chi connectivity index (χ3n) is 6.90. The van der Waals surface area contributed by atoms with Gasteiger partial charge in [0.15, 0.2) is 5.03 Å². The average Bonchev–Trinajstić information content (AvgIpc) is 3.38. The molecular weight excluding hydrogens is 477 g/mol. The number of halogens is 3. The van der Waals surface area contributed by atoms with E-state index < -0.39 is 21.8 Å². The van der Waals surface area contributed by atoms with Crippen molar-refractivity contribution in [3.63, 3.8) is 0 Å². The summed E-state index contributed by atoms with van der Waals surface area (Å²) in [7, 11) is -2.04. The lowest BCUT2D eigenvalue weighted by Gasteiger charge is -2.37. The summed E-state index contributed by atoms with van der Waals surface area (Å²) < 4.78 is 70.5. The first kappa shape index (κ1) is 23.9. The maximum absolute atomic E-state index is 13.8. The molecule has 2 aromatic carbocycles. The summed E-state index contributed by atoms with van der Waals surface area (Å²) in [5, 5.41) is -0.0397. The normalized spacial score (nSPS) is 17.9. The Bertz CT molecular complexity index is 1350. The van der Waals surface area contributed by atoms with Crippen LogP contribution in [0.3, 0.4) is 0 Å². The van der Waals surface area contributed by atoms with Gasteiger partial charge in [-0.3, -0.25) is 0 Å². The lowest BCUT2D eigenvalue weighted by molar-refractivity contribution is -0.137. The molecule has 10 heteroatoms. The molecule has 1 N–H and O–H groups in total. The monoisotopic (exact) mass is 504 g/mol. The Labute approximate surface area is 202 Å². The van der Waals surface area contributed by atoms with E-state index in [-0.39, 0.29) is 17.5 Å². The average molecular weight is 505 g/mol. The van der Waals surface area contributed by atoms with Crippen LogP contribution in [0, 0.1) is 0 Å². The summed E-state index contributed by atoms with van der Waals surface area (Å²) in [5.74, 6) is 0.0841. The molecule has 1 aromatic heterocycles. The third-order valence-corrected chi connectivity index (χ3v) is 8.18. The van der Waals surface area contributed by atoms with Gasteiger partial charge >= 0.3 is 6.18 Å². The maximum Gasteiger partial charge on any atom is 0.418 e. The van der Waals surface area contributed by atoms with Gasteiger partial charge in [-0.2, -0.15) is 13.2 Å². The summed E-state index contributed by atoms with van der Waals surface area (Å²) in [5.41, 5.74) is 3.54. The predicted molar refractivity (Wildman–Crippen MR) is 127 cm³/mol. The first-order chi connectivity index (χ1) is 16.6. The van der Waals surface area contributed by atoms with Crippen molar-refractivity contribution in [2.45, 2.75) is 49.3 Å². The van der Waals surface area contributed by atoms with Crippen LogP contribution < -0.4 is 9.62 Å². The van der Waals surface area contributed by atoms with Crippen molar-refractivity contribution in [1.29, 1.82) is 0 Å². The standard InChI is InChI=1S/C25H27F3N4O2S/c1-31-15-23(29-16-31)35(33,34)30-14-17-6-7-18-8-9-19(21(18)12-17)13-20-4-2-5-22(25(26,27)28)24(20)32-10-3-11-32/h2,4-7,12,15-16,19,30H,3,8-11,13-14H2,1H3. The SMILES string of the molecule is Cn1cnc(S(=O)(=O)NCc2ccc3c(c2)C(Cc2cccc(C(F)(F)F)c2N2CCC2)CC3)c1. The fourth-order valence-electron chi connectivity index (χ4n) is 5.00. The molecule has 0 spiro atoms. The zero-order valence-electron chi connectivity index (χ0n) is 19.3. The van der Waals surface area contributed by atoms with Gasteiger partial charge < -0.3 is 9.47 Å². The number of fused-ring (bicyclic) bond motifs is 1. The van der Waals surface area contributed by atoms with Crippen LogP contribution in [0.5, 0.6) is 0 Å². The first-order valence-corrected chi connectivity index (χ1v) is 13.1. The van der Waals surface area contributed by atoms with Crippen molar-refractivity contribution >= 4 is 15.7 Å². The van der Waals surface area contributed by atoms with Gasteiger partial charge in [-0.25, -0.2) is 18.1 Å². The molecule has 3 aromatic rings. The largest absolute Gasteiger partial charge is 0.418 e. The van der Waals surface area contributed by atoms with Gasteiger partial charge in [-0.1, -0.05) is 30.3 Å². The lowest BCUT2D eigenvalue weighted by atomic mass is 9.90. The van der Waals surface area contributed by atoms with Crippen LogP contribution in [-0.2, 0) is 42.6 Å². The highest BCUT2D eigenvalue weighted by Gasteiger charge is 2.37. The summed E-state index contributed by atoms with van der Waals surface area (Å²) in [6, 6.07) is 10.4. The minimum absolute atomic E-state index is 0.0397. The summed E-state index contributed by atoms with van der Waals surface area (Å²) >= 11 is 0. The van der Waals surface area contributed by atoms with E-state index in [1.54, 1.807) is 11.6 Å². The van der Waals surface area contributed by atoms with E-state index in [0.29, 0.717) is 25.2 Å². The molecule has 1 fully saturated rings. The Balaban J connectivity index is 1.37. The molecule has 186 valence electrons. The molecule has 1 unspecified atom stereocenters. The van der Waals surface area contributed by atoms with Crippen LogP contribution in [0.15, 0.2) is 53.9 Å². The third kappa shape index (κ3) is 4.81. The molecular formula is C25H27F3N4O2S. The molecule has 1 aliphatic heterocycles. The molecule has 2 heterocycles. The second kappa shape index (κ2) is 8.98. The van der Waals surface area contributed by atoms with Crippen LogP contribution in [0.2, 0.25) is 0 Å². The van der Waals surface area contributed by atoms with Gasteiger partial charge in [-0.15, -0.1) is 0 Å². The molecule has 5 rings (SSSR count). The van der Waals surface area contributed by atoms with Crippen molar-refractivity contribution in [3.05, 3.63) is 76.7 Å². The number of aromatic nitrogens is 2. The molecule has 0 radical (unpaired) electrons. The summed E-state index contributed by atoms with van der Waals surface area (Å²) in [6.07, 6.45) is 1.60. The van der Waals surface area contributed by atoms with Crippen molar-refractivity contribution in [2.24, 2.45) is 7.05 Å². The number of hydrogen-bond donors (Lipinski definition) is 1. The van der Waals surface area contributed by atoms with Crippen molar-refractivity contribution in [1.82, 2.24) is 14.3 Å². The van der Waals surface area contributed by atoms with Crippen molar-refractivity contribution in [3.8, 4) is 0 Å². The maximum atomic E-state index is 13.8. The number of nitrogens with one attached hydrogen (secondary N) is 1. The van der Waals surface area contributed by atoms with Crippen molar-refractivity contribution < 1.29 is 21.6 Å². The van der Waals surface area contributed by atoms with E-state index in [2.05, 4.69) is 9.71 Å². The molecule has 35 heavy (non-hydrogen) atoms. The zero-order chi connectivity index (χ0) is 24.8. The van der Waals surface area contributed by atoms with Gasteiger partial charge in [-0.05, 0) is 59.9 Å². The van der Waals surface area contributed by atoms with E-state index in [1.165, 1.54) is 30.2 Å².